The zero-order chi connectivity index (χ0) is 19.5. The Bertz CT molecular complexity index is 803. The highest BCUT2D eigenvalue weighted by Gasteiger charge is 2.11. The van der Waals surface area contributed by atoms with Gasteiger partial charge in [-0.1, -0.05) is 75.2 Å². The fraction of sp³-hybridized carbons (Fsp3) is 0.333. The summed E-state index contributed by atoms with van der Waals surface area (Å²) in [5.41, 5.74) is 3.12. The van der Waals surface area contributed by atoms with Gasteiger partial charge in [0.05, 0.1) is 5.56 Å². The van der Waals surface area contributed by atoms with Gasteiger partial charge in [-0.2, -0.15) is 5.26 Å². The maximum atomic E-state index is 12.2. The molecule has 0 radical (unpaired) electrons. The molecule has 2 aromatic carbocycles. The van der Waals surface area contributed by atoms with Crippen molar-refractivity contribution in [2.75, 3.05) is 0 Å². The summed E-state index contributed by atoms with van der Waals surface area (Å²) in [6.45, 7) is 4.19. The first-order valence-corrected chi connectivity index (χ1v) is 9.66. The lowest BCUT2D eigenvalue weighted by molar-refractivity contribution is -0.143. The number of rotatable bonds is 9. The molecule has 0 fully saturated rings. The smallest absolute Gasteiger partial charge is 0.331 e. The van der Waals surface area contributed by atoms with Gasteiger partial charge >= 0.3 is 5.97 Å². The molecule has 27 heavy (non-hydrogen) atoms. The van der Waals surface area contributed by atoms with E-state index in [1.165, 1.54) is 6.08 Å². The second kappa shape index (κ2) is 11.0. The van der Waals surface area contributed by atoms with Crippen LogP contribution in [0, 0.1) is 11.3 Å². The third kappa shape index (κ3) is 6.11. The number of carbonyl (C=O) groups excluding carboxylic acids is 1. The summed E-state index contributed by atoms with van der Waals surface area (Å²) >= 11 is 0. The van der Waals surface area contributed by atoms with Crippen molar-refractivity contribution in [3.63, 3.8) is 0 Å². The van der Waals surface area contributed by atoms with Crippen molar-refractivity contribution in [2.45, 2.75) is 52.1 Å². The van der Waals surface area contributed by atoms with E-state index in [1.807, 2.05) is 55.5 Å². The Hall–Kier alpha value is -2.86. The standard InChI is InChI=1S/C24H27NO2/c1-3-5-7-14-21(4-2)27-24(26)17-16-20-13-10-15-22(23(20)18-25)19-11-8-6-9-12-19/h6,8-13,15-17,21H,3-5,7,14H2,1-2H3. The number of esters is 1. The molecule has 0 aliphatic rings. The maximum absolute atomic E-state index is 12.2. The van der Waals surface area contributed by atoms with Gasteiger partial charge in [-0.3, -0.25) is 0 Å². The predicted octanol–water partition coefficient (Wildman–Crippen LogP) is 6.14. The molecule has 0 saturated carbocycles. The summed E-state index contributed by atoms with van der Waals surface area (Å²) in [7, 11) is 0. The van der Waals surface area contributed by atoms with E-state index in [2.05, 4.69) is 13.0 Å². The number of hydrogen-bond acceptors (Lipinski definition) is 3. The van der Waals surface area contributed by atoms with Gasteiger partial charge < -0.3 is 4.74 Å². The third-order valence-electron chi connectivity index (χ3n) is 4.56. The summed E-state index contributed by atoms with van der Waals surface area (Å²) in [5.74, 6) is -0.354. The lowest BCUT2D eigenvalue weighted by Gasteiger charge is -2.14. The zero-order valence-electron chi connectivity index (χ0n) is 16.2. The zero-order valence-corrected chi connectivity index (χ0v) is 16.2. The van der Waals surface area contributed by atoms with E-state index in [0.717, 1.165) is 48.8 Å². The van der Waals surface area contributed by atoms with E-state index in [1.54, 1.807) is 6.08 Å². The summed E-state index contributed by atoms with van der Waals surface area (Å²) in [6, 6.07) is 17.7. The lowest BCUT2D eigenvalue weighted by atomic mass is 9.96. The highest BCUT2D eigenvalue weighted by Crippen LogP contribution is 2.26. The predicted molar refractivity (Wildman–Crippen MR) is 110 cm³/mol. The minimum Gasteiger partial charge on any atom is -0.459 e. The van der Waals surface area contributed by atoms with Crippen molar-refractivity contribution < 1.29 is 9.53 Å². The number of nitrogens with zero attached hydrogens (tertiary/aromatic N) is 1. The van der Waals surface area contributed by atoms with Crippen LogP contribution >= 0.6 is 0 Å². The van der Waals surface area contributed by atoms with Crippen LogP contribution in [0.2, 0.25) is 0 Å². The van der Waals surface area contributed by atoms with Gasteiger partial charge in [0.1, 0.15) is 12.2 Å². The summed E-state index contributed by atoms with van der Waals surface area (Å²) in [4.78, 5) is 12.2. The van der Waals surface area contributed by atoms with Crippen LogP contribution in [0.1, 0.15) is 57.1 Å². The van der Waals surface area contributed by atoms with E-state index in [-0.39, 0.29) is 12.1 Å². The molecule has 0 heterocycles. The van der Waals surface area contributed by atoms with Gasteiger partial charge in [-0.15, -0.1) is 0 Å². The molecule has 0 aromatic heterocycles. The normalized spacial score (nSPS) is 11.9. The van der Waals surface area contributed by atoms with Gasteiger partial charge in [0.15, 0.2) is 0 Å². The Labute approximate surface area is 162 Å². The van der Waals surface area contributed by atoms with Gasteiger partial charge in [-0.05, 0) is 36.5 Å². The summed E-state index contributed by atoms with van der Waals surface area (Å²) in [5, 5.41) is 9.63. The van der Waals surface area contributed by atoms with Crippen molar-refractivity contribution in [3.8, 4) is 17.2 Å². The first kappa shape index (κ1) is 20.5. The van der Waals surface area contributed by atoms with E-state index in [0.29, 0.717) is 5.56 Å². The number of unbranched alkanes of at least 4 members (excludes halogenated alkanes) is 2. The molecule has 3 heteroatoms. The molecule has 0 N–H and O–H groups in total. The minimum absolute atomic E-state index is 0.0419. The molecule has 1 atom stereocenters. The largest absolute Gasteiger partial charge is 0.459 e. The molecular formula is C24H27NO2. The van der Waals surface area contributed by atoms with Crippen LogP contribution in [0.3, 0.4) is 0 Å². The monoisotopic (exact) mass is 361 g/mol. The van der Waals surface area contributed by atoms with Crippen molar-refractivity contribution in [1.82, 2.24) is 0 Å². The Morgan fingerprint density at radius 2 is 1.89 bits per heavy atom. The van der Waals surface area contributed by atoms with Crippen LogP contribution in [0.25, 0.3) is 17.2 Å². The number of benzene rings is 2. The van der Waals surface area contributed by atoms with E-state index >= 15 is 0 Å². The first-order chi connectivity index (χ1) is 13.2. The molecule has 1 unspecified atom stereocenters. The van der Waals surface area contributed by atoms with E-state index < -0.39 is 0 Å². The molecule has 3 nitrogen and oxygen atoms in total. The van der Waals surface area contributed by atoms with E-state index in [9.17, 15) is 10.1 Å². The SMILES string of the molecule is CCCCCC(CC)OC(=O)C=Cc1cccc(-c2ccccc2)c1C#N. The Morgan fingerprint density at radius 1 is 1.11 bits per heavy atom. The van der Waals surface area contributed by atoms with Gasteiger partial charge in [0.25, 0.3) is 0 Å². The molecule has 0 spiro atoms. The van der Waals surface area contributed by atoms with Crippen LogP contribution in [-0.2, 0) is 9.53 Å². The highest BCUT2D eigenvalue weighted by molar-refractivity contribution is 5.88. The molecule has 0 bridgehead atoms. The molecule has 0 aliphatic carbocycles. The number of carbonyl (C=O) groups is 1. The lowest BCUT2D eigenvalue weighted by Crippen LogP contribution is -2.15. The van der Waals surface area contributed by atoms with Crippen molar-refractivity contribution in [3.05, 3.63) is 65.7 Å². The molecule has 0 amide bonds. The molecular weight excluding hydrogens is 334 g/mol. The minimum atomic E-state index is -0.354. The summed E-state index contributed by atoms with van der Waals surface area (Å²) < 4.78 is 5.55. The molecule has 0 aliphatic heterocycles. The highest BCUT2D eigenvalue weighted by atomic mass is 16.5. The fourth-order valence-electron chi connectivity index (χ4n) is 3.02. The van der Waals surface area contributed by atoms with Crippen LogP contribution in [0.5, 0.6) is 0 Å². The second-order valence-electron chi connectivity index (χ2n) is 6.54. The third-order valence-corrected chi connectivity index (χ3v) is 4.56. The Kier molecular flexibility index (Phi) is 8.32. The quantitative estimate of drug-likeness (QED) is 0.306. The van der Waals surface area contributed by atoms with Crippen LogP contribution in [0.15, 0.2) is 54.6 Å². The number of nitriles is 1. The number of hydrogen-bond donors (Lipinski definition) is 0. The van der Waals surface area contributed by atoms with Crippen molar-refractivity contribution in [1.29, 1.82) is 5.26 Å². The summed E-state index contributed by atoms with van der Waals surface area (Å²) in [6.07, 6.45) is 8.15. The molecule has 2 rings (SSSR count). The van der Waals surface area contributed by atoms with Crippen LogP contribution < -0.4 is 0 Å². The topological polar surface area (TPSA) is 50.1 Å². The van der Waals surface area contributed by atoms with Crippen molar-refractivity contribution >= 4 is 12.0 Å². The van der Waals surface area contributed by atoms with Gasteiger partial charge in [-0.25, -0.2) is 4.79 Å². The van der Waals surface area contributed by atoms with Gasteiger partial charge in [0.2, 0.25) is 0 Å². The average Bonchev–Trinajstić information content (AvgIpc) is 2.71. The van der Waals surface area contributed by atoms with Crippen LogP contribution in [0.4, 0.5) is 0 Å². The van der Waals surface area contributed by atoms with Crippen LogP contribution in [-0.4, -0.2) is 12.1 Å². The fourth-order valence-corrected chi connectivity index (χ4v) is 3.02. The molecule has 140 valence electrons. The average molecular weight is 361 g/mol. The first-order valence-electron chi connectivity index (χ1n) is 9.66. The second-order valence-corrected chi connectivity index (χ2v) is 6.54. The maximum Gasteiger partial charge on any atom is 0.331 e. The molecule has 2 aromatic rings. The Morgan fingerprint density at radius 3 is 2.56 bits per heavy atom. The number of ether oxygens (including phenoxy) is 1. The molecule has 0 saturated heterocycles. The van der Waals surface area contributed by atoms with Gasteiger partial charge in [0, 0.05) is 11.6 Å². The van der Waals surface area contributed by atoms with E-state index in [4.69, 9.17) is 4.74 Å². The Balaban J connectivity index is 2.12. The van der Waals surface area contributed by atoms with Crippen molar-refractivity contribution in [2.24, 2.45) is 0 Å².